The van der Waals surface area contributed by atoms with E-state index < -0.39 is 66.5 Å². The number of benzene rings is 6. The van der Waals surface area contributed by atoms with Crippen LogP contribution in [0.25, 0.3) is 0 Å². The largest absolute Gasteiger partial charge is 0.455 e. The Bertz CT molecular complexity index is 2580. The minimum Gasteiger partial charge on any atom is -0.455 e. The summed E-state index contributed by atoms with van der Waals surface area (Å²) in [6.45, 7) is 51.0. The average molecular weight is 1430 g/mol. The smallest absolute Gasteiger partial charge is 0.209 e. The first-order valence-electron chi connectivity index (χ1n) is 33.3. The molecule has 540 valence electrons. The van der Waals surface area contributed by atoms with Gasteiger partial charge in [0.2, 0.25) is 16.6 Å². The van der Waals surface area contributed by atoms with Gasteiger partial charge in [-0.3, -0.25) is 0 Å². The molecule has 0 amide bonds. The molecule has 0 fully saturated rings. The van der Waals surface area contributed by atoms with Crippen molar-refractivity contribution < 1.29 is 16.5 Å². The van der Waals surface area contributed by atoms with Gasteiger partial charge in [-0.05, 0) is 200 Å². The molecule has 6 rings (SSSR count). The van der Waals surface area contributed by atoms with Gasteiger partial charge >= 0.3 is 0 Å². The Labute approximate surface area is 597 Å². The molecule has 0 saturated carbocycles. The molecule has 0 aliphatic heterocycles. The summed E-state index contributed by atoms with van der Waals surface area (Å²) in [5.41, 5.74) is 11.0. The van der Waals surface area contributed by atoms with E-state index in [1.54, 1.807) is 0 Å². The summed E-state index contributed by atoms with van der Waals surface area (Å²) in [6, 6.07) is 67.2. The van der Waals surface area contributed by atoms with Crippen molar-refractivity contribution in [2.45, 2.75) is 306 Å². The maximum absolute atomic E-state index is 7.03. The van der Waals surface area contributed by atoms with Crippen LogP contribution in [0.3, 0.4) is 0 Å². The molecule has 0 aliphatic rings. The highest BCUT2D eigenvalue weighted by molar-refractivity contribution is 6.94. The highest BCUT2D eigenvalue weighted by Gasteiger charge is 2.40. The first-order chi connectivity index (χ1) is 40.2. The number of aryl methyl sites for hydroxylation is 4. The molecular weight excluding hydrogens is 1270 g/mol. The maximum atomic E-state index is 7.03. The van der Waals surface area contributed by atoms with E-state index in [0.29, 0.717) is 0 Å². The zero-order valence-electron chi connectivity index (χ0n) is 59.0. The van der Waals surface area contributed by atoms with E-state index in [0.717, 1.165) is 24.2 Å². The molecule has 0 bridgehead atoms. The van der Waals surface area contributed by atoms with Crippen LogP contribution in [-0.4, -0.2) is 66.5 Å². The van der Waals surface area contributed by atoms with Gasteiger partial charge in [-0.2, -0.15) is 0 Å². The lowest BCUT2D eigenvalue weighted by molar-refractivity contribution is 0.532. The quantitative estimate of drug-likeness (QED) is 0.0421. The zero-order valence-corrected chi connectivity index (χ0v) is 67.0. The van der Waals surface area contributed by atoms with Crippen molar-refractivity contribution in [1.29, 1.82) is 0 Å². The molecular formula is C82H156O4Si8. The Kier molecular flexibility index (Phi) is 52.7. The van der Waals surface area contributed by atoms with Crippen LogP contribution >= 0.6 is 0 Å². The van der Waals surface area contributed by atoms with Crippen molar-refractivity contribution in [2.24, 2.45) is 0 Å². The van der Waals surface area contributed by atoms with Crippen molar-refractivity contribution in [3.05, 3.63) is 202 Å². The van der Waals surface area contributed by atoms with E-state index in [9.17, 15) is 0 Å². The third-order valence-electron chi connectivity index (χ3n) is 16.2. The molecule has 0 saturated heterocycles. The van der Waals surface area contributed by atoms with Gasteiger partial charge in [0.05, 0.1) is 0 Å². The van der Waals surface area contributed by atoms with Gasteiger partial charge < -0.3 is 16.5 Å². The van der Waals surface area contributed by atoms with E-state index in [4.69, 9.17) is 16.5 Å². The molecule has 0 spiro atoms. The van der Waals surface area contributed by atoms with Gasteiger partial charge in [-0.15, -0.1) is 0 Å². The van der Waals surface area contributed by atoms with Gasteiger partial charge in [-0.25, -0.2) is 0 Å². The molecule has 0 heterocycles. The molecule has 94 heavy (non-hydrogen) atoms. The lowest BCUT2D eigenvalue weighted by Gasteiger charge is -2.37. The Hall–Kier alpha value is -3.10. The van der Waals surface area contributed by atoms with Crippen LogP contribution in [-0.2, 0) is 40.6 Å². The predicted molar refractivity (Wildman–Crippen MR) is 457 cm³/mol. The SMILES string of the molecule is C.C.C.C.C.C.C.C.CCCC[Si](C)(C)O[Si](C)(C)Cc1ccc(C)cc1.CCCC[Si](C)(C)O[Si](C)(C)Cc1ccc(C)cc1.CCCC[Si](C)(O[Si](C)(C)Cc1ccc(C)cc1)c1ccccc1.CCCC[Si](C)(O[Si](C)(C)Cc1ccc(C)cc1)c1ccccc1. The van der Waals surface area contributed by atoms with Crippen LogP contribution in [0.4, 0.5) is 0 Å². The maximum Gasteiger partial charge on any atom is 0.209 e. The third kappa shape index (κ3) is 41.3. The predicted octanol–water partition coefficient (Wildman–Crippen LogP) is 26.9. The normalized spacial score (nSPS) is 12.5. The molecule has 6 aromatic rings. The summed E-state index contributed by atoms with van der Waals surface area (Å²) in [4.78, 5) is 0. The minimum absolute atomic E-state index is 0. The summed E-state index contributed by atoms with van der Waals surface area (Å²) >= 11 is 0. The summed E-state index contributed by atoms with van der Waals surface area (Å²) in [7, 11) is -13.4. The standard InChI is InChI=1S/2C21H32OSi2.2C16H30OSi2.8CH4/c2*1-6-7-17-24(5,21-11-9-8-10-12-21)22-23(3,4)18-20-15-13-19(2)14-16-20;2*1-7-8-13-18(3,4)17-19(5,6)14-16-11-9-15(2)10-12-16;;;;;;;;/h2*8-16H,6-7,17-18H2,1-5H3;2*9-12H,7-8,13-14H2,1-6H3;8*1H4. The topological polar surface area (TPSA) is 36.9 Å². The number of hydrogen-bond donors (Lipinski definition) is 0. The van der Waals surface area contributed by atoms with E-state index in [1.807, 2.05) is 0 Å². The highest BCUT2D eigenvalue weighted by Crippen LogP contribution is 2.28. The highest BCUT2D eigenvalue weighted by atomic mass is 28.4. The summed E-state index contributed by atoms with van der Waals surface area (Å²) in [5.74, 6) is 0. The summed E-state index contributed by atoms with van der Waals surface area (Å²) in [5, 5.41) is 2.89. The van der Waals surface area contributed by atoms with Gasteiger partial charge in [0.25, 0.3) is 0 Å². The van der Waals surface area contributed by atoms with Crippen LogP contribution in [0.5, 0.6) is 0 Å². The monoisotopic (exact) mass is 1430 g/mol. The second-order valence-electron chi connectivity index (χ2n) is 29.2. The van der Waals surface area contributed by atoms with Crippen LogP contribution in [0.15, 0.2) is 158 Å². The zero-order chi connectivity index (χ0) is 64.3. The first kappa shape index (κ1) is 102. The van der Waals surface area contributed by atoms with E-state index in [1.165, 1.54) is 130 Å². The number of unbranched alkanes of at least 4 members (excludes halogenated alkanes) is 4. The van der Waals surface area contributed by atoms with Crippen LogP contribution in [0.1, 0.15) is 183 Å². The van der Waals surface area contributed by atoms with Gasteiger partial charge in [-0.1, -0.05) is 318 Å². The van der Waals surface area contributed by atoms with Gasteiger partial charge in [0.1, 0.15) is 0 Å². The summed E-state index contributed by atoms with van der Waals surface area (Å²) < 4.78 is 27.3. The molecule has 0 aliphatic carbocycles. The number of hydrogen-bond acceptors (Lipinski definition) is 4. The number of rotatable bonds is 30. The van der Waals surface area contributed by atoms with Crippen molar-refractivity contribution >= 4 is 76.9 Å². The molecule has 0 radical (unpaired) electrons. The molecule has 0 aromatic heterocycles. The van der Waals surface area contributed by atoms with Crippen LogP contribution in [0, 0.1) is 27.7 Å². The van der Waals surface area contributed by atoms with Crippen molar-refractivity contribution in [3.8, 4) is 0 Å². The van der Waals surface area contributed by atoms with E-state index in [2.05, 4.69) is 305 Å². The Morgan fingerprint density at radius 3 is 0.628 bits per heavy atom. The molecule has 4 nitrogen and oxygen atoms in total. The van der Waals surface area contributed by atoms with Crippen LogP contribution in [0.2, 0.25) is 116 Å². The minimum atomic E-state index is -1.88. The van der Waals surface area contributed by atoms with Gasteiger partial charge in [0.15, 0.2) is 49.9 Å². The van der Waals surface area contributed by atoms with E-state index in [-0.39, 0.29) is 59.4 Å². The first-order valence-corrected chi connectivity index (χ1v) is 57.2. The third-order valence-corrected chi connectivity index (χ3v) is 46.9. The lowest BCUT2D eigenvalue weighted by atomic mass is 10.2. The van der Waals surface area contributed by atoms with Gasteiger partial charge in [0, 0.05) is 0 Å². The second-order valence-corrected chi connectivity index (χ2v) is 63.1. The fourth-order valence-electron chi connectivity index (χ4n) is 12.1. The van der Waals surface area contributed by atoms with Crippen molar-refractivity contribution in [3.63, 3.8) is 0 Å². The Morgan fingerprint density at radius 2 is 0.426 bits per heavy atom. The van der Waals surface area contributed by atoms with Crippen LogP contribution < -0.4 is 10.4 Å². The molecule has 2 atom stereocenters. The fraction of sp³-hybridized carbons (Fsp3) is 0.561. The molecule has 6 aromatic carbocycles. The fourth-order valence-corrected chi connectivity index (χ4v) is 49.2. The molecule has 0 N–H and O–H groups in total. The molecule has 2 unspecified atom stereocenters. The average Bonchev–Trinajstić information content (AvgIpc) is 0.829. The summed E-state index contributed by atoms with van der Waals surface area (Å²) in [6.07, 6.45) is 10.2. The van der Waals surface area contributed by atoms with Crippen molar-refractivity contribution in [2.75, 3.05) is 0 Å². The van der Waals surface area contributed by atoms with Crippen molar-refractivity contribution in [1.82, 2.24) is 0 Å². The van der Waals surface area contributed by atoms with E-state index >= 15 is 0 Å². The Balaban J connectivity index is -0.000000269. The second kappa shape index (κ2) is 48.6. The Morgan fingerprint density at radius 1 is 0.234 bits per heavy atom. The molecule has 12 heteroatoms. The lowest BCUT2D eigenvalue weighted by Crippen LogP contribution is -2.55.